The number of sulfonamides is 1. The highest BCUT2D eigenvalue weighted by molar-refractivity contribution is 7.90. The zero-order chi connectivity index (χ0) is 12.3. The third kappa shape index (κ3) is 3.32. The first-order chi connectivity index (χ1) is 7.33. The Bertz CT molecular complexity index is 452. The summed E-state index contributed by atoms with van der Waals surface area (Å²) in [6.07, 6.45) is 0. The zero-order valence-electron chi connectivity index (χ0n) is 10.2. The van der Waals surface area contributed by atoms with Crippen molar-refractivity contribution < 1.29 is 8.42 Å². The summed E-state index contributed by atoms with van der Waals surface area (Å²) in [5.41, 5.74) is 2.12. The maximum Gasteiger partial charge on any atom is 0.214 e. The predicted molar refractivity (Wildman–Crippen MR) is 66.8 cm³/mol. The Morgan fingerprint density at radius 1 is 1.19 bits per heavy atom. The maximum absolute atomic E-state index is 11.7. The van der Waals surface area contributed by atoms with Crippen molar-refractivity contribution in [2.45, 2.75) is 39.0 Å². The number of nitrogens with one attached hydrogen (secondary N) is 1. The summed E-state index contributed by atoms with van der Waals surface area (Å²) in [5.74, 6) is 0. The molecule has 0 amide bonds. The van der Waals surface area contributed by atoms with E-state index in [4.69, 9.17) is 0 Å². The molecule has 1 rings (SSSR count). The molecule has 0 bridgehead atoms. The molecular weight excluding hydrogens is 222 g/mol. The van der Waals surface area contributed by atoms with E-state index in [-0.39, 0.29) is 6.04 Å². The van der Waals surface area contributed by atoms with Crippen LogP contribution in [0.4, 0.5) is 0 Å². The highest BCUT2D eigenvalue weighted by atomic mass is 32.2. The van der Waals surface area contributed by atoms with Gasteiger partial charge >= 0.3 is 0 Å². The van der Waals surface area contributed by atoms with Crippen molar-refractivity contribution in [3.8, 4) is 0 Å². The van der Waals surface area contributed by atoms with Gasteiger partial charge in [-0.25, -0.2) is 13.1 Å². The molecule has 4 heteroatoms. The van der Waals surface area contributed by atoms with Gasteiger partial charge in [-0.3, -0.25) is 0 Å². The maximum atomic E-state index is 11.7. The summed E-state index contributed by atoms with van der Waals surface area (Å²) < 4.78 is 26.0. The standard InChI is InChI=1S/C12H19NO2S/c1-9(2)16(14,15)13-11(4)12-7-5-6-10(3)8-12/h5-9,11,13H,1-4H3/t11-/m0/s1. The zero-order valence-corrected chi connectivity index (χ0v) is 11.0. The topological polar surface area (TPSA) is 46.2 Å². The van der Waals surface area contributed by atoms with Gasteiger partial charge in [-0.15, -0.1) is 0 Å². The first kappa shape index (κ1) is 13.2. The Morgan fingerprint density at radius 2 is 1.81 bits per heavy atom. The third-order valence-corrected chi connectivity index (χ3v) is 4.43. The molecule has 0 spiro atoms. The molecule has 16 heavy (non-hydrogen) atoms. The van der Waals surface area contributed by atoms with Crippen molar-refractivity contribution in [2.24, 2.45) is 0 Å². The summed E-state index contributed by atoms with van der Waals surface area (Å²) >= 11 is 0. The number of aryl methyl sites for hydroxylation is 1. The molecular formula is C12H19NO2S. The van der Waals surface area contributed by atoms with E-state index >= 15 is 0 Å². The van der Waals surface area contributed by atoms with Crippen molar-refractivity contribution >= 4 is 10.0 Å². The van der Waals surface area contributed by atoms with Gasteiger partial charge in [0.25, 0.3) is 0 Å². The molecule has 90 valence electrons. The van der Waals surface area contributed by atoms with Gasteiger partial charge in [0.1, 0.15) is 0 Å². The molecule has 0 saturated heterocycles. The van der Waals surface area contributed by atoms with Crippen molar-refractivity contribution in [3.05, 3.63) is 35.4 Å². The van der Waals surface area contributed by atoms with Crippen LogP contribution < -0.4 is 4.72 Å². The summed E-state index contributed by atoms with van der Waals surface area (Å²) in [7, 11) is -3.21. The van der Waals surface area contributed by atoms with Gasteiger partial charge in [-0.05, 0) is 33.3 Å². The number of hydrogen-bond donors (Lipinski definition) is 1. The normalized spacial score (nSPS) is 14.1. The van der Waals surface area contributed by atoms with E-state index in [1.54, 1.807) is 13.8 Å². The van der Waals surface area contributed by atoms with Crippen LogP contribution in [-0.4, -0.2) is 13.7 Å². The molecule has 1 N–H and O–H groups in total. The molecule has 1 aromatic rings. The molecule has 0 radical (unpaired) electrons. The molecule has 0 aromatic heterocycles. The molecule has 0 fully saturated rings. The van der Waals surface area contributed by atoms with Crippen LogP contribution in [0.2, 0.25) is 0 Å². The quantitative estimate of drug-likeness (QED) is 0.879. The molecule has 0 aliphatic rings. The average Bonchev–Trinajstić information content (AvgIpc) is 2.16. The van der Waals surface area contributed by atoms with Gasteiger partial charge in [-0.1, -0.05) is 29.8 Å². The Labute approximate surface area is 97.9 Å². The molecule has 0 saturated carbocycles. The van der Waals surface area contributed by atoms with E-state index in [0.717, 1.165) is 11.1 Å². The Morgan fingerprint density at radius 3 is 2.31 bits per heavy atom. The monoisotopic (exact) mass is 241 g/mol. The highest BCUT2D eigenvalue weighted by Gasteiger charge is 2.19. The first-order valence-corrected chi connectivity index (χ1v) is 6.95. The second-order valence-electron chi connectivity index (χ2n) is 4.35. The summed E-state index contributed by atoms with van der Waals surface area (Å²) in [5, 5.41) is -0.403. The van der Waals surface area contributed by atoms with E-state index in [1.807, 2.05) is 38.1 Å². The van der Waals surface area contributed by atoms with E-state index in [9.17, 15) is 8.42 Å². The minimum atomic E-state index is -3.21. The fourth-order valence-electron chi connectivity index (χ4n) is 1.39. The van der Waals surface area contributed by atoms with Gasteiger partial charge in [0.2, 0.25) is 10.0 Å². The van der Waals surface area contributed by atoms with Crippen LogP contribution >= 0.6 is 0 Å². The number of benzene rings is 1. The van der Waals surface area contributed by atoms with Crippen LogP contribution in [0.15, 0.2) is 24.3 Å². The third-order valence-electron chi connectivity index (χ3n) is 2.50. The molecule has 0 aliphatic heterocycles. The number of rotatable bonds is 4. The predicted octanol–water partition coefficient (Wildman–Crippen LogP) is 2.38. The fraction of sp³-hybridized carbons (Fsp3) is 0.500. The van der Waals surface area contributed by atoms with Crippen molar-refractivity contribution in [1.82, 2.24) is 4.72 Å². The molecule has 1 atom stereocenters. The minimum Gasteiger partial charge on any atom is -0.212 e. The lowest BCUT2D eigenvalue weighted by molar-refractivity contribution is 0.558. The Balaban J connectivity index is 2.85. The highest BCUT2D eigenvalue weighted by Crippen LogP contribution is 2.15. The molecule has 0 heterocycles. The van der Waals surface area contributed by atoms with E-state index in [2.05, 4.69) is 4.72 Å². The minimum absolute atomic E-state index is 0.188. The lowest BCUT2D eigenvalue weighted by Gasteiger charge is -2.16. The van der Waals surface area contributed by atoms with Crippen LogP contribution in [-0.2, 0) is 10.0 Å². The lowest BCUT2D eigenvalue weighted by atomic mass is 10.1. The van der Waals surface area contributed by atoms with Gasteiger partial charge in [0.05, 0.1) is 5.25 Å². The molecule has 3 nitrogen and oxygen atoms in total. The van der Waals surface area contributed by atoms with Gasteiger partial charge < -0.3 is 0 Å². The van der Waals surface area contributed by atoms with Crippen LogP contribution in [0.5, 0.6) is 0 Å². The van der Waals surface area contributed by atoms with Crippen LogP contribution in [0.25, 0.3) is 0 Å². The van der Waals surface area contributed by atoms with Crippen LogP contribution in [0.3, 0.4) is 0 Å². The van der Waals surface area contributed by atoms with E-state index in [1.165, 1.54) is 0 Å². The number of hydrogen-bond acceptors (Lipinski definition) is 2. The summed E-state index contributed by atoms with van der Waals surface area (Å²) in [4.78, 5) is 0. The molecule has 0 unspecified atom stereocenters. The molecule has 1 aromatic carbocycles. The van der Waals surface area contributed by atoms with Gasteiger partial charge in [-0.2, -0.15) is 0 Å². The van der Waals surface area contributed by atoms with Crippen molar-refractivity contribution in [2.75, 3.05) is 0 Å². The summed E-state index contributed by atoms with van der Waals surface area (Å²) in [6, 6.07) is 7.67. The van der Waals surface area contributed by atoms with Gasteiger partial charge in [0.15, 0.2) is 0 Å². The van der Waals surface area contributed by atoms with Crippen molar-refractivity contribution in [1.29, 1.82) is 0 Å². The second kappa shape index (κ2) is 4.97. The average molecular weight is 241 g/mol. The smallest absolute Gasteiger partial charge is 0.212 e. The van der Waals surface area contributed by atoms with E-state index < -0.39 is 15.3 Å². The fourth-order valence-corrected chi connectivity index (χ4v) is 2.29. The Kier molecular flexibility index (Phi) is 4.10. The van der Waals surface area contributed by atoms with Crippen LogP contribution in [0, 0.1) is 6.92 Å². The largest absolute Gasteiger partial charge is 0.214 e. The first-order valence-electron chi connectivity index (χ1n) is 5.40. The van der Waals surface area contributed by atoms with Crippen LogP contribution in [0.1, 0.15) is 37.9 Å². The van der Waals surface area contributed by atoms with E-state index in [0.29, 0.717) is 0 Å². The SMILES string of the molecule is Cc1cccc([C@H](C)NS(=O)(=O)C(C)C)c1. The Hall–Kier alpha value is -0.870. The summed E-state index contributed by atoms with van der Waals surface area (Å²) in [6.45, 7) is 7.19. The second-order valence-corrected chi connectivity index (χ2v) is 6.62. The van der Waals surface area contributed by atoms with Crippen molar-refractivity contribution in [3.63, 3.8) is 0 Å². The molecule has 0 aliphatic carbocycles. The lowest BCUT2D eigenvalue weighted by Crippen LogP contribution is -2.32. The van der Waals surface area contributed by atoms with Gasteiger partial charge in [0, 0.05) is 6.04 Å².